The van der Waals surface area contributed by atoms with Gasteiger partial charge in [-0.05, 0) is 5.56 Å². The summed E-state index contributed by atoms with van der Waals surface area (Å²) in [5.74, 6) is 5.41. The molecule has 0 aliphatic heterocycles. The van der Waals surface area contributed by atoms with Crippen molar-refractivity contribution in [3.63, 3.8) is 0 Å². The summed E-state index contributed by atoms with van der Waals surface area (Å²) in [6.45, 7) is 0. The molecule has 0 radical (unpaired) electrons. The summed E-state index contributed by atoms with van der Waals surface area (Å²) in [6.07, 6.45) is 1.59. The van der Waals surface area contributed by atoms with Crippen molar-refractivity contribution in [2.75, 3.05) is 7.05 Å². The number of nitrogens with two attached hydrogens (primary N) is 1. The molecule has 13 heavy (non-hydrogen) atoms. The maximum atomic E-state index is 8.83. The Balaban J connectivity index is 3.00. The van der Waals surface area contributed by atoms with Crippen LogP contribution in [0.3, 0.4) is 0 Å². The Morgan fingerprint density at radius 2 is 2.08 bits per heavy atom. The van der Waals surface area contributed by atoms with Crippen LogP contribution in [0.15, 0.2) is 36.5 Å². The zero-order chi connectivity index (χ0) is 9.68. The predicted octanol–water partition coefficient (Wildman–Crippen LogP) is 1.36. The van der Waals surface area contributed by atoms with Crippen molar-refractivity contribution in [1.29, 1.82) is 5.26 Å². The molecule has 0 fully saturated rings. The average molecular weight is 173 g/mol. The van der Waals surface area contributed by atoms with Crippen LogP contribution in [0.4, 0.5) is 0 Å². The molecule has 0 saturated carbocycles. The second-order valence-electron chi connectivity index (χ2n) is 2.69. The number of nitrogens with zero attached hydrogens (tertiary/aromatic N) is 2. The molecule has 1 rings (SSSR count). The zero-order valence-electron chi connectivity index (χ0n) is 7.44. The molecular formula is C10H11N3. The number of nitriles is 1. The summed E-state index contributed by atoms with van der Waals surface area (Å²) in [6, 6.07) is 11.5. The fraction of sp³-hybridized carbons (Fsp3) is 0.100. The van der Waals surface area contributed by atoms with Gasteiger partial charge in [0.2, 0.25) is 0 Å². The molecule has 0 aromatic heterocycles. The van der Waals surface area contributed by atoms with Gasteiger partial charge in [-0.25, -0.2) is 5.84 Å². The van der Waals surface area contributed by atoms with Gasteiger partial charge in [-0.2, -0.15) is 5.26 Å². The standard InChI is InChI=1S/C10H11N3/c1-13(12)8-10(7-11)9-5-3-2-4-6-9/h2-6,8H,12H2,1H3/b10-8+. The normalized spacial score (nSPS) is 10.7. The number of allylic oxidation sites excluding steroid dienone is 1. The second kappa shape index (κ2) is 4.29. The van der Waals surface area contributed by atoms with Gasteiger partial charge >= 0.3 is 0 Å². The molecule has 66 valence electrons. The van der Waals surface area contributed by atoms with Gasteiger partial charge in [0, 0.05) is 13.2 Å². The lowest BCUT2D eigenvalue weighted by atomic mass is 10.1. The van der Waals surface area contributed by atoms with Crippen LogP contribution in [-0.2, 0) is 0 Å². The molecule has 0 aliphatic carbocycles. The zero-order valence-corrected chi connectivity index (χ0v) is 7.44. The van der Waals surface area contributed by atoms with E-state index in [2.05, 4.69) is 6.07 Å². The summed E-state index contributed by atoms with van der Waals surface area (Å²) in [4.78, 5) is 0. The summed E-state index contributed by atoms with van der Waals surface area (Å²) in [5.41, 5.74) is 1.44. The third-order valence-electron chi connectivity index (χ3n) is 1.54. The van der Waals surface area contributed by atoms with Crippen molar-refractivity contribution >= 4 is 5.57 Å². The van der Waals surface area contributed by atoms with Gasteiger partial charge in [0.05, 0.1) is 5.57 Å². The van der Waals surface area contributed by atoms with Crippen molar-refractivity contribution in [2.24, 2.45) is 5.84 Å². The third-order valence-corrected chi connectivity index (χ3v) is 1.54. The molecule has 0 aliphatic rings. The highest BCUT2D eigenvalue weighted by Gasteiger charge is 1.98. The van der Waals surface area contributed by atoms with E-state index in [0.717, 1.165) is 5.56 Å². The predicted molar refractivity (Wildman–Crippen MR) is 52.0 cm³/mol. The lowest BCUT2D eigenvalue weighted by molar-refractivity contribution is 0.487. The molecule has 0 bridgehead atoms. The number of rotatable bonds is 2. The monoisotopic (exact) mass is 173 g/mol. The fourth-order valence-corrected chi connectivity index (χ4v) is 0.989. The van der Waals surface area contributed by atoms with Gasteiger partial charge in [-0.3, -0.25) is 0 Å². The van der Waals surface area contributed by atoms with E-state index < -0.39 is 0 Å². The fourth-order valence-electron chi connectivity index (χ4n) is 0.989. The van der Waals surface area contributed by atoms with Crippen molar-refractivity contribution in [2.45, 2.75) is 0 Å². The largest absolute Gasteiger partial charge is 0.320 e. The van der Waals surface area contributed by atoms with E-state index in [0.29, 0.717) is 5.57 Å². The van der Waals surface area contributed by atoms with Crippen LogP contribution < -0.4 is 5.84 Å². The minimum Gasteiger partial charge on any atom is -0.320 e. The number of hydrazine groups is 1. The maximum Gasteiger partial charge on any atom is 0.101 e. The van der Waals surface area contributed by atoms with Gasteiger partial charge in [0.25, 0.3) is 0 Å². The molecule has 0 atom stereocenters. The highest BCUT2D eigenvalue weighted by Crippen LogP contribution is 2.12. The minimum absolute atomic E-state index is 0.561. The Hall–Kier alpha value is -1.79. The van der Waals surface area contributed by atoms with E-state index in [1.165, 1.54) is 5.01 Å². The molecule has 3 heteroatoms. The quantitative estimate of drug-likeness (QED) is 0.417. The Labute approximate surface area is 77.7 Å². The van der Waals surface area contributed by atoms with Crippen molar-refractivity contribution in [3.8, 4) is 6.07 Å². The van der Waals surface area contributed by atoms with E-state index in [1.54, 1.807) is 13.2 Å². The number of benzene rings is 1. The van der Waals surface area contributed by atoms with E-state index in [-0.39, 0.29) is 0 Å². The van der Waals surface area contributed by atoms with E-state index in [9.17, 15) is 0 Å². The Bertz CT molecular complexity index is 333. The third kappa shape index (κ3) is 2.62. The summed E-state index contributed by atoms with van der Waals surface area (Å²) in [5, 5.41) is 10.2. The first-order valence-electron chi connectivity index (χ1n) is 3.89. The average Bonchev–Trinajstić information content (AvgIpc) is 2.15. The van der Waals surface area contributed by atoms with Crippen molar-refractivity contribution < 1.29 is 0 Å². The number of hydrogen-bond donors (Lipinski definition) is 1. The minimum atomic E-state index is 0.561. The van der Waals surface area contributed by atoms with Crippen LogP contribution in [0.2, 0.25) is 0 Å². The molecule has 0 saturated heterocycles. The lowest BCUT2D eigenvalue weighted by Gasteiger charge is -2.05. The van der Waals surface area contributed by atoms with Crippen LogP contribution >= 0.6 is 0 Å². The van der Waals surface area contributed by atoms with Crippen LogP contribution in [-0.4, -0.2) is 12.1 Å². The molecule has 1 aromatic rings. The molecule has 0 heterocycles. The first-order chi connectivity index (χ1) is 6.24. The lowest BCUT2D eigenvalue weighted by Crippen LogP contribution is -2.19. The highest BCUT2D eigenvalue weighted by molar-refractivity contribution is 5.76. The van der Waals surface area contributed by atoms with Crippen molar-refractivity contribution in [3.05, 3.63) is 42.1 Å². The first kappa shape index (κ1) is 9.30. The van der Waals surface area contributed by atoms with Gasteiger partial charge in [-0.1, -0.05) is 30.3 Å². The molecule has 0 amide bonds. The van der Waals surface area contributed by atoms with Crippen LogP contribution in [0.25, 0.3) is 5.57 Å². The molecule has 0 unspecified atom stereocenters. The SMILES string of the molecule is CN(N)/C=C(\C#N)c1ccccc1. The van der Waals surface area contributed by atoms with E-state index in [1.807, 2.05) is 30.3 Å². The van der Waals surface area contributed by atoms with Crippen LogP contribution in [0.1, 0.15) is 5.56 Å². The summed E-state index contributed by atoms with van der Waals surface area (Å²) >= 11 is 0. The maximum absolute atomic E-state index is 8.83. The van der Waals surface area contributed by atoms with E-state index in [4.69, 9.17) is 11.1 Å². The van der Waals surface area contributed by atoms with E-state index >= 15 is 0 Å². The summed E-state index contributed by atoms with van der Waals surface area (Å²) in [7, 11) is 1.68. The Morgan fingerprint density at radius 1 is 1.46 bits per heavy atom. The van der Waals surface area contributed by atoms with Gasteiger partial charge < -0.3 is 5.01 Å². The Morgan fingerprint density at radius 3 is 2.54 bits per heavy atom. The Kier molecular flexibility index (Phi) is 3.07. The number of hydrogen-bond acceptors (Lipinski definition) is 3. The van der Waals surface area contributed by atoms with Gasteiger partial charge in [0.1, 0.15) is 6.07 Å². The summed E-state index contributed by atoms with van der Waals surface area (Å²) < 4.78 is 0. The molecule has 3 nitrogen and oxygen atoms in total. The molecule has 0 spiro atoms. The van der Waals surface area contributed by atoms with Gasteiger partial charge in [0.15, 0.2) is 0 Å². The van der Waals surface area contributed by atoms with Crippen LogP contribution in [0.5, 0.6) is 0 Å². The van der Waals surface area contributed by atoms with Crippen molar-refractivity contribution in [1.82, 2.24) is 5.01 Å². The van der Waals surface area contributed by atoms with Crippen LogP contribution in [0, 0.1) is 11.3 Å². The molecule has 1 aromatic carbocycles. The second-order valence-corrected chi connectivity index (χ2v) is 2.69. The molecule has 2 N–H and O–H groups in total. The topological polar surface area (TPSA) is 53.0 Å². The highest BCUT2D eigenvalue weighted by atomic mass is 15.4. The molecular weight excluding hydrogens is 162 g/mol. The van der Waals surface area contributed by atoms with Gasteiger partial charge in [-0.15, -0.1) is 0 Å². The first-order valence-corrected chi connectivity index (χ1v) is 3.89. The smallest absolute Gasteiger partial charge is 0.101 e.